The number of nitrogens with one attached hydrogen (secondary N) is 1. The standard InChI is InChI=1S/C10H9N2O2.C9H9N2.CHNO.2Y/c1-12-9(10(13)14-2)7-5-3-4-6-8(7)11-12;1-7-8-5-3-4-6-9(8)10-11(7)2;2-1-3;;/h3-5H,1-2H3;3-5H,1-2H3;2H;;/q2*-1;;;. The summed E-state index contributed by atoms with van der Waals surface area (Å²) in [5.74, 6) is -0.380. The Balaban J connectivity index is 0.000000477. The number of hydrogen-bond acceptors (Lipinski definition) is 6. The average Bonchev–Trinajstić information content (AvgIpc) is 3.18. The van der Waals surface area contributed by atoms with Crippen LogP contribution in [-0.4, -0.2) is 38.7 Å². The van der Waals surface area contributed by atoms with Crippen LogP contribution in [0.5, 0.6) is 0 Å². The Morgan fingerprint density at radius 1 is 1.03 bits per heavy atom. The number of ether oxygens (including phenoxy) is 1. The Hall–Kier alpha value is -1.56. The fourth-order valence-electron chi connectivity index (χ4n) is 2.62. The molecule has 0 aliphatic heterocycles. The van der Waals surface area contributed by atoms with Crippen molar-refractivity contribution in [3.05, 3.63) is 59.9 Å². The second-order valence-electron chi connectivity index (χ2n) is 5.64. The quantitative estimate of drug-likeness (QED) is 0.169. The van der Waals surface area contributed by atoms with Crippen LogP contribution < -0.4 is 0 Å². The smallest absolute Gasteiger partial charge is 0.344 e. The molecule has 2 radical (unpaired) electrons. The second kappa shape index (κ2) is 13.7. The molecule has 0 saturated heterocycles. The van der Waals surface area contributed by atoms with Gasteiger partial charge in [-0.05, 0) is 23.7 Å². The summed E-state index contributed by atoms with van der Waals surface area (Å²) in [6.07, 6.45) is 0.750. The molecule has 0 amide bonds. The predicted octanol–water partition coefficient (Wildman–Crippen LogP) is 2.74. The van der Waals surface area contributed by atoms with E-state index in [0.29, 0.717) is 11.2 Å². The number of rotatable bonds is 1. The molecule has 0 bridgehead atoms. The van der Waals surface area contributed by atoms with Crippen LogP contribution in [-0.2, 0) is 89.0 Å². The molecule has 0 saturated carbocycles. The molecule has 0 aliphatic rings. The zero-order valence-corrected chi connectivity index (χ0v) is 22.8. The van der Waals surface area contributed by atoms with E-state index in [4.69, 9.17) is 10.2 Å². The van der Waals surface area contributed by atoms with Gasteiger partial charge in [0.05, 0.1) is 12.8 Å². The van der Waals surface area contributed by atoms with Crippen LogP contribution in [0.1, 0.15) is 16.2 Å². The van der Waals surface area contributed by atoms with E-state index in [2.05, 4.69) is 40.1 Å². The minimum absolute atomic E-state index is 0. The predicted molar refractivity (Wildman–Crippen MR) is 104 cm³/mol. The normalized spacial score (nSPS) is 9.07. The summed E-state index contributed by atoms with van der Waals surface area (Å²) in [6.45, 7) is 2.06. The van der Waals surface area contributed by atoms with Crippen LogP contribution in [0, 0.1) is 24.5 Å². The van der Waals surface area contributed by atoms with Crippen LogP contribution in [0.25, 0.3) is 21.8 Å². The zero-order valence-electron chi connectivity index (χ0n) is 17.1. The maximum atomic E-state index is 11.4. The van der Waals surface area contributed by atoms with E-state index >= 15 is 0 Å². The van der Waals surface area contributed by atoms with Crippen molar-refractivity contribution in [2.24, 2.45) is 14.1 Å². The number of esters is 1. The van der Waals surface area contributed by atoms with Gasteiger partial charge < -0.3 is 4.74 Å². The Bertz CT molecular complexity index is 1150. The van der Waals surface area contributed by atoms with Crippen LogP contribution >= 0.6 is 0 Å². The van der Waals surface area contributed by atoms with E-state index in [0.717, 1.165) is 17.0 Å². The largest absolute Gasteiger partial charge is 0.465 e. The van der Waals surface area contributed by atoms with Crippen molar-refractivity contribution in [1.82, 2.24) is 19.6 Å². The SMILES string of the molecule is COC(=O)c1c2ccc[c-]c2nn1C.Cc1c2ccc[c-]c2nn1C.N=C=O.[Y].[Y]. The van der Waals surface area contributed by atoms with Gasteiger partial charge >= 0.3 is 5.97 Å². The number of isocyanates is 1. The summed E-state index contributed by atoms with van der Waals surface area (Å²) in [6, 6.07) is 17.4. The molecule has 150 valence electrons. The molecule has 2 heterocycles. The van der Waals surface area contributed by atoms with Gasteiger partial charge in [0.25, 0.3) is 0 Å². The van der Waals surface area contributed by atoms with E-state index in [1.165, 1.54) is 22.9 Å². The third-order valence-corrected chi connectivity index (χ3v) is 4.00. The van der Waals surface area contributed by atoms with E-state index in [1.54, 1.807) is 13.1 Å². The minimum Gasteiger partial charge on any atom is -0.465 e. The molecular weight excluding hydrogens is 536 g/mol. The van der Waals surface area contributed by atoms with Gasteiger partial charge in [0.2, 0.25) is 6.08 Å². The van der Waals surface area contributed by atoms with Gasteiger partial charge in [-0.25, -0.2) is 25.2 Å². The third-order valence-electron chi connectivity index (χ3n) is 4.00. The van der Waals surface area contributed by atoms with E-state index < -0.39 is 0 Å². The number of nitrogens with zero attached hydrogens (tertiary/aromatic N) is 4. The summed E-state index contributed by atoms with van der Waals surface area (Å²) in [5.41, 5.74) is 3.28. The van der Waals surface area contributed by atoms with Crippen molar-refractivity contribution in [3.8, 4) is 0 Å². The van der Waals surface area contributed by atoms with Crippen molar-refractivity contribution in [3.63, 3.8) is 0 Å². The van der Waals surface area contributed by atoms with Crippen LogP contribution in [0.3, 0.4) is 0 Å². The summed E-state index contributed by atoms with van der Waals surface area (Å²) >= 11 is 0. The molecule has 8 nitrogen and oxygen atoms in total. The fraction of sp³-hybridized carbons (Fsp3) is 0.200. The Labute approximate surface area is 224 Å². The Kier molecular flexibility index (Phi) is 13.0. The average molecular weight is 555 g/mol. The van der Waals surface area contributed by atoms with E-state index in [9.17, 15) is 4.79 Å². The van der Waals surface area contributed by atoms with Crippen molar-refractivity contribution in [1.29, 1.82) is 5.41 Å². The van der Waals surface area contributed by atoms with Crippen LogP contribution in [0.15, 0.2) is 36.4 Å². The first-order valence-electron chi connectivity index (χ1n) is 8.20. The van der Waals surface area contributed by atoms with Crippen LogP contribution in [0.4, 0.5) is 0 Å². The Morgan fingerprint density at radius 2 is 1.50 bits per heavy atom. The molecule has 0 unspecified atom stereocenters. The molecule has 2 aromatic heterocycles. The number of fused-ring (bicyclic) bond motifs is 2. The van der Waals surface area contributed by atoms with Gasteiger partial charge in [-0.1, -0.05) is 10.8 Å². The Morgan fingerprint density at radius 3 is 2.00 bits per heavy atom. The van der Waals surface area contributed by atoms with Gasteiger partial charge in [-0.15, -0.1) is 0 Å². The van der Waals surface area contributed by atoms with E-state index in [-0.39, 0.29) is 71.4 Å². The summed E-state index contributed by atoms with van der Waals surface area (Å²) in [7, 11) is 5.01. The molecule has 0 spiro atoms. The maximum Gasteiger partial charge on any atom is 0.344 e. The first-order valence-corrected chi connectivity index (χ1v) is 8.20. The first-order chi connectivity index (χ1) is 13.4. The molecule has 0 atom stereocenters. The molecule has 2 aromatic carbocycles. The summed E-state index contributed by atoms with van der Waals surface area (Å²) < 4.78 is 8.05. The zero-order chi connectivity index (χ0) is 20.7. The number of carbonyl (C=O) groups is 1. The van der Waals surface area contributed by atoms with Crippen molar-refractivity contribution in [2.75, 3.05) is 7.11 Å². The molecule has 1 N–H and O–H groups in total. The maximum absolute atomic E-state index is 11.4. The van der Waals surface area contributed by atoms with Gasteiger partial charge in [-0.3, -0.25) is 9.36 Å². The second-order valence-corrected chi connectivity index (χ2v) is 5.64. The molecule has 30 heavy (non-hydrogen) atoms. The summed E-state index contributed by atoms with van der Waals surface area (Å²) in [4.78, 5) is 19.8. The van der Waals surface area contributed by atoms with Gasteiger partial charge in [0.15, 0.2) is 0 Å². The van der Waals surface area contributed by atoms with Crippen molar-refractivity contribution < 1.29 is 79.7 Å². The van der Waals surface area contributed by atoms with Gasteiger partial charge in [0, 0.05) is 79.5 Å². The molecular formula is C20H19N5O3Y2-2. The number of benzene rings is 2. The van der Waals surface area contributed by atoms with Crippen LogP contribution in [0.2, 0.25) is 0 Å². The molecule has 0 aliphatic carbocycles. The topological polar surface area (TPSA) is 103 Å². The monoisotopic (exact) mass is 555 g/mol. The number of hydrogen-bond donors (Lipinski definition) is 1. The molecule has 10 heteroatoms. The number of methoxy groups -OCH3 is 1. The third kappa shape index (κ3) is 6.72. The van der Waals surface area contributed by atoms with Gasteiger partial charge in [-0.2, -0.15) is 48.5 Å². The summed E-state index contributed by atoms with van der Waals surface area (Å²) in [5, 5.41) is 15.8. The number of aromatic nitrogens is 4. The first kappa shape index (κ1) is 28.4. The van der Waals surface area contributed by atoms with Crippen molar-refractivity contribution >= 4 is 33.9 Å². The molecule has 0 fully saturated rings. The fourth-order valence-corrected chi connectivity index (χ4v) is 2.62. The number of aryl methyl sites for hydroxylation is 3. The number of carbonyl (C=O) groups excluding carboxylic acids is 2. The minimum atomic E-state index is -0.380. The van der Waals surface area contributed by atoms with E-state index in [1.807, 2.05) is 36.0 Å². The molecule has 4 rings (SSSR count). The molecule has 4 aromatic rings. The van der Waals surface area contributed by atoms with Gasteiger partial charge in [0.1, 0.15) is 0 Å². The van der Waals surface area contributed by atoms with Crippen molar-refractivity contribution in [2.45, 2.75) is 6.92 Å².